The molecule has 1 aliphatic heterocycles. The molecule has 600 valence electrons. The SMILES string of the molecule is CCO[Si](CCCCCCCCCCCC[Si]1(C)O[Si](C)(CCCCCCCCCCCC[Si](OCC)(OCC)OCC)O[Si](C)(CCCCCCCCCCCC[Si](OCC)(OCC)OCC)O[Si](C)(CCCCCCCCCCCC[Si](OCC)(OCC)OCC)O1)(OCC)OCC. The average molecular weight is 1560 g/mol. The van der Waals surface area contributed by atoms with Gasteiger partial charge in [0.2, 0.25) is 0 Å². The summed E-state index contributed by atoms with van der Waals surface area (Å²) in [5.74, 6) is 0. The molecule has 0 unspecified atom stereocenters. The molecule has 0 aromatic heterocycles. The third kappa shape index (κ3) is 47.9. The van der Waals surface area contributed by atoms with Gasteiger partial charge in [-0.2, -0.15) is 0 Å². The van der Waals surface area contributed by atoms with Gasteiger partial charge in [-0.05, 0) is 159 Å². The quantitative estimate of drug-likeness (QED) is 0.0420. The Hall–Kier alpha value is 1.10. The standard InChI is InChI=1S/C76H168O16Si8/c1-17-77-97(78-18-2,79-19-3)73-65-57-49-41-33-29-37-45-53-61-69-93(13)89-94(14,70-62-54-46-38-30-34-42-50-58-66-74-98(80-20-4,81-21-5)82-22-6)91-96(16,72-64-56-48-40-32-36-44-52-60-68-76-100(86-26-10,87-27-11)88-28-12)92-95(15,90-93)71-63-55-47-39-31-35-43-51-59-67-75-99(83-23-7,84-24-8)85-25-9/h17-76H2,1-16H3. The molecule has 0 spiro atoms. The van der Waals surface area contributed by atoms with Gasteiger partial charge in [-0.15, -0.1) is 0 Å². The summed E-state index contributed by atoms with van der Waals surface area (Å²) in [6.45, 7) is 42.1. The minimum atomic E-state index is -2.69. The van der Waals surface area contributed by atoms with E-state index in [0.717, 1.165) is 99.7 Å². The molecule has 1 aliphatic rings. The van der Waals surface area contributed by atoms with Crippen molar-refractivity contribution in [2.75, 3.05) is 79.3 Å². The highest BCUT2D eigenvalue weighted by molar-refractivity contribution is 6.94. The third-order valence-corrected chi connectivity index (χ3v) is 51.0. The summed E-state index contributed by atoms with van der Waals surface area (Å²) < 4.78 is 105. The van der Waals surface area contributed by atoms with Crippen LogP contribution in [0.3, 0.4) is 0 Å². The molecule has 1 fully saturated rings. The van der Waals surface area contributed by atoms with Gasteiger partial charge in [-0.1, -0.05) is 231 Å². The van der Waals surface area contributed by atoms with E-state index in [1.807, 2.05) is 83.1 Å². The topological polar surface area (TPSA) is 148 Å². The minimum absolute atomic E-state index is 0.648. The maximum atomic E-state index is 7.82. The van der Waals surface area contributed by atoms with Crippen molar-refractivity contribution in [1.82, 2.24) is 0 Å². The molecule has 0 aliphatic carbocycles. The summed E-state index contributed by atoms with van der Waals surface area (Å²) in [5, 5.41) is 0. The Labute approximate surface area is 628 Å². The Kier molecular flexibility index (Phi) is 62.2. The van der Waals surface area contributed by atoms with E-state index in [0.29, 0.717) is 79.3 Å². The van der Waals surface area contributed by atoms with Crippen molar-refractivity contribution in [3.63, 3.8) is 0 Å². The summed E-state index contributed by atoms with van der Waals surface area (Å²) in [5.41, 5.74) is 0. The van der Waals surface area contributed by atoms with Crippen molar-refractivity contribution >= 4 is 69.5 Å². The number of rotatable bonds is 76. The molecule has 0 saturated carbocycles. The maximum absolute atomic E-state index is 7.82. The zero-order valence-corrected chi connectivity index (χ0v) is 77.0. The molecule has 0 amide bonds. The zero-order valence-electron chi connectivity index (χ0n) is 69.0. The van der Waals surface area contributed by atoms with Gasteiger partial charge in [-0.3, -0.25) is 0 Å². The lowest BCUT2D eigenvalue weighted by Gasteiger charge is -2.50. The second-order valence-corrected chi connectivity index (χ2v) is 54.3. The highest BCUT2D eigenvalue weighted by atomic mass is 28.5. The highest BCUT2D eigenvalue weighted by Gasteiger charge is 2.56. The van der Waals surface area contributed by atoms with Crippen LogP contribution in [0.5, 0.6) is 0 Å². The molecule has 0 aromatic carbocycles. The molecule has 0 aromatic rings. The fourth-order valence-corrected chi connectivity index (χ4v) is 49.5. The minimum Gasteiger partial charge on any atom is -0.416 e. The van der Waals surface area contributed by atoms with Gasteiger partial charge in [0.1, 0.15) is 0 Å². The van der Waals surface area contributed by atoms with Crippen LogP contribution in [-0.2, 0) is 69.6 Å². The smallest absolute Gasteiger partial charge is 0.416 e. The van der Waals surface area contributed by atoms with Crippen LogP contribution in [0.15, 0.2) is 0 Å². The maximum Gasteiger partial charge on any atom is 0.500 e. The van der Waals surface area contributed by atoms with Crippen LogP contribution >= 0.6 is 0 Å². The largest absolute Gasteiger partial charge is 0.500 e. The first-order chi connectivity index (χ1) is 48.4. The predicted molar refractivity (Wildman–Crippen MR) is 436 cm³/mol. The second kappa shape index (κ2) is 62.8. The third-order valence-electron chi connectivity index (χ3n) is 19.6. The van der Waals surface area contributed by atoms with Gasteiger partial charge in [0.05, 0.1) is 0 Å². The molecule has 24 heteroatoms. The Morgan fingerprint density at radius 3 is 0.370 bits per heavy atom. The Bertz CT molecular complexity index is 1490. The first-order valence-corrected chi connectivity index (χ1v) is 60.7. The molecule has 0 N–H and O–H groups in total. The summed E-state index contributed by atoms with van der Waals surface area (Å²) in [4.78, 5) is 0. The van der Waals surface area contributed by atoms with E-state index in [1.165, 1.54) is 205 Å². The predicted octanol–water partition coefficient (Wildman–Crippen LogP) is 24.2. The molecular formula is C76H168O16Si8. The molecule has 1 heterocycles. The first-order valence-electron chi connectivity index (χ1n) is 42.9. The van der Waals surface area contributed by atoms with Crippen LogP contribution in [-0.4, -0.2) is 149 Å². The first kappa shape index (κ1) is 99.1. The Balaban J connectivity index is 3.14. The van der Waals surface area contributed by atoms with E-state index < -0.39 is 69.5 Å². The summed E-state index contributed by atoms with van der Waals surface area (Å²) in [7, 11) is -21.0. The molecule has 0 radical (unpaired) electrons. The van der Waals surface area contributed by atoms with Crippen molar-refractivity contribution in [3.8, 4) is 0 Å². The van der Waals surface area contributed by atoms with Gasteiger partial charge in [0.15, 0.2) is 0 Å². The molecule has 1 saturated heterocycles. The molecular weight excluding hydrogens is 1390 g/mol. The number of unbranched alkanes of at least 4 members (excludes halogenated alkanes) is 36. The van der Waals surface area contributed by atoms with Crippen molar-refractivity contribution in [1.29, 1.82) is 0 Å². The average Bonchev–Trinajstić information content (AvgIpc) is 0.768. The van der Waals surface area contributed by atoms with Gasteiger partial charge < -0.3 is 69.6 Å². The lowest BCUT2D eigenvalue weighted by molar-refractivity contribution is 0.0698. The van der Waals surface area contributed by atoms with Crippen LogP contribution in [0.4, 0.5) is 0 Å². The molecule has 0 bridgehead atoms. The fourth-order valence-electron chi connectivity index (χ4n) is 15.1. The summed E-state index contributed by atoms with van der Waals surface area (Å²) in [6.07, 6.45) is 49.9. The van der Waals surface area contributed by atoms with Crippen LogP contribution < -0.4 is 0 Å². The number of hydrogen-bond acceptors (Lipinski definition) is 16. The normalized spacial score (nSPS) is 19.7. The van der Waals surface area contributed by atoms with Crippen LogP contribution in [0.1, 0.15) is 340 Å². The lowest BCUT2D eigenvalue weighted by Crippen LogP contribution is -2.67. The van der Waals surface area contributed by atoms with Crippen molar-refractivity contribution in [3.05, 3.63) is 0 Å². The van der Waals surface area contributed by atoms with Gasteiger partial charge in [-0.25, -0.2) is 0 Å². The molecule has 0 atom stereocenters. The molecule has 1 rings (SSSR count). The Morgan fingerprint density at radius 2 is 0.260 bits per heavy atom. The van der Waals surface area contributed by atoms with Crippen LogP contribution in [0.2, 0.25) is 74.5 Å². The van der Waals surface area contributed by atoms with Crippen molar-refractivity contribution < 1.29 is 69.6 Å². The van der Waals surface area contributed by atoms with Gasteiger partial charge in [0, 0.05) is 103 Å². The van der Waals surface area contributed by atoms with Crippen LogP contribution in [0.25, 0.3) is 0 Å². The van der Waals surface area contributed by atoms with Gasteiger partial charge in [0.25, 0.3) is 0 Å². The highest BCUT2D eigenvalue weighted by Crippen LogP contribution is 2.40. The molecule has 100 heavy (non-hydrogen) atoms. The van der Waals surface area contributed by atoms with Crippen LogP contribution in [0, 0.1) is 0 Å². The van der Waals surface area contributed by atoms with E-state index in [1.54, 1.807) is 0 Å². The van der Waals surface area contributed by atoms with Gasteiger partial charge >= 0.3 is 69.5 Å². The van der Waals surface area contributed by atoms with E-state index in [-0.39, 0.29) is 0 Å². The fraction of sp³-hybridized carbons (Fsp3) is 1.00. The Morgan fingerprint density at radius 1 is 0.160 bits per heavy atom. The monoisotopic (exact) mass is 1560 g/mol. The van der Waals surface area contributed by atoms with E-state index in [2.05, 4.69) is 26.2 Å². The molecule has 16 nitrogen and oxygen atoms in total. The van der Waals surface area contributed by atoms with E-state index in [4.69, 9.17) is 69.6 Å². The van der Waals surface area contributed by atoms with Crippen molar-refractivity contribution in [2.45, 2.75) is 414 Å². The van der Waals surface area contributed by atoms with E-state index >= 15 is 0 Å². The summed E-state index contributed by atoms with van der Waals surface area (Å²) in [6, 6.07) is 7.80. The van der Waals surface area contributed by atoms with E-state index in [9.17, 15) is 0 Å². The van der Waals surface area contributed by atoms with Crippen molar-refractivity contribution in [2.24, 2.45) is 0 Å². The zero-order chi connectivity index (χ0) is 73.7. The number of hydrogen-bond donors (Lipinski definition) is 0. The second-order valence-electron chi connectivity index (χ2n) is 29.0. The summed E-state index contributed by atoms with van der Waals surface area (Å²) >= 11 is 0. The lowest BCUT2D eigenvalue weighted by atomic mass is 10.1.